The first-order valence-electron chi connectivity index (χ1n) is 17.8. The van der Waals surface area contributed by atoms with Crippen molar-refractivity contribution in [1.82, 2.24) is 25.2 Å². The smallest absolute Gasteiger partial charge is 0.408 e. The van der Waals surface area contributed by atoms with Gasteiger partial charge in [0, 0.05) is 35.4 Å². The topological polar surface area (TPSA) is 182 Å². The fraction of sp³-hybridized carbons (Fsp3) is 0.462. The first kappa shape index (κ1) is 40.0. The second-order valence-corrected chi connectivity index (χ2v) is 17.0. The number of carbonyl (C=O) groups excluding carboxylic acids is 4. The molecule has 290 valence electrons. The highest BCUT2D eigenvalue weighted by atomic mass is 32.2. The van der Waals surface area contributed by atoms with Crippen LogP contribution in [-0.2, 0) is 29.1 Å². The Kier molecular flexibility index (Phi) is 11.6. The van der Waals surface area contributed by atoms with Crippen LogP contribution in [0.4, 0.5) is 4.79 Å². The fourth-order valence-corrected chi connectivity index (χ4v) is 7.17. The molecule has 2 aromatic carbocycles. The summed E-state index contributed by atoms with van der Waals surface area (Å²) in [7, 11) is -2.39. The molecule has 2 fully saturated rings. The number of hydrogen-bond acceptors (Lipinski definition) is 10. The summed E-state index contributed by atoms with van der Waals surface area (Å²) in [4.78, 5) is 61.1. The maximum atomic E-state index is 14.5. The minimum atomic E-state index is -3.95. The number of carbonyl (C=O) groups is 4. The van der Waals surface area contributed by atoms with Crippen LogP contribution < -0.4 is 24.8 Å². The first-order chi connectivity index (χ1) is 25.3. The highest BCUT2D eigenvalue weighted by molar-refractivity contribution is 7.89. The van der Waals surface area contributed by atoms with Crippen molar-refractivity contribution in [2.45, 2.75) is 83.2 Å². The van der Waals surface area contributed by atoms with Crippen LogP contribution in [0.5, 0.6) is 11.5 Å². The Morgan fingerprint density at radius 3 is 2.39 bits per heavy atom. The zero-order valence-electron chi connectivity index (χ0n) is 31.7. The SMILES string of the molecule is C=CC1CC1(NC(=O)[C@@H]1C[C@@H](Oc2cc(-c3ccccc3)nc3cc(OC)ccc23)CN1C(=O)[C@H](CC(C)C)NC(=O)OC(C)(C)C)C(=O)NS(C)(=O)=O. The van der Waals surface area contributed by atoms with E-state index in [1.54, 1.807) is 46.1 Å². The lowest BCUT2D eigenvalue weighted by Gasteiger charge is -2.31. The largest absolute Gasteiger partial charge is 0.497 e. The minimum Gasteiger partial charge on any atom is -0.497 e. The van der Waals surface area contributed by atoms with Gasteiger partial charge in [0.2, 0.25) is 21.8 Å². The van der Waals surface area contributed by atoms with Gasteiger partial charge >= 0.3 is 6.09 Å². The van der Waals surface area contributed by atoms with E-state index in [0.717, 1.165) is 11.8 Å². The number of fused-ring (bicyclic) bond motifs is 1. The van der Waals surface area contributed by atoms with E-state index in [9.17, 15) is 27.6 Å². The Morgan fingerprint density at radius 2 is 1.80 bits per heavy atom. The number of aromatic nitrogens is 1. The molecule has 1 saturated carbocycles. The Bertz CT molecular complexity index is 2030. The molecule has 1 aliphatic heterocycles. The van der Waals surface area contributed by atoms with Gasteiger partial charge in [-0.15, -0.1) is 6.58 Å². The predicted molar refractivity (Wildman–Crippen MR) is 203 cm³/mol. The standard InChI is InChI=1S/C39H49N5O9S/c1-9-25-21-39(25,36(47)43-54(8,49)50)42-34(45)32-19-27(22-44(32)35(46)31(17-23(2)3)41-37(48)53-38(4,5)6)52-33-20-29(24-13-11-10-12-14-24)40-30-18-26(51-7)15-16-28(30)33/h9-16,18,20,23,25,27,31-32H,1,17,19,21-22H2,2-8H3,(H,41,48)(H,42,45)(H,43,47)/t25?,27-,31+,32+,39?/m1/s1. The quantitative estimate of drug-likeness (QED) is 0.212. The maximum absolute atomic E-state index is 14.5. The van der Waals surface area contributed by atoms with Crippen molar-refractivity contribution >= 4 is 44.7 Å². The molecule has 1 aliphatic carbocycles. The molecule has 3 aromatic rings. The highest BCUT2D eigenvalue weighted by Crippen LogP contribution is 2.45. The molecule has 4 amide bonds. The summed E-state index contributed by atoms with van der Waals surface area (Å²) in [5.74, 6) is -1.64. The number of pyridine rings is 1. The van der Waals surface area contributed by atoms with Crippen molar-refractivity contribution in [3.8, 4) is 22.8 Å². The van der Waals surface area contributed by atoms with Crippen LogP contribution in [0.2, 0.25) is 0 Å². The third-order valence-electron chi connectivity index (χ3n) is 9.22. The number of likely N-dealkylation sites (tertiary alicyclic amines) is 1. The number of alkyl carbamates (subject to hydrolysis) is 1. The number of ether oxygens (including phenoxy) is 3. The summed E-state index contributed by atoms with van der Waals surface area (Å²) >= 11 is 0. The summed E-state index contributed by atoms with van der Waals surface area (Å²) in [5, 5.41) is 6.13. The zero-order valence-corrected chi connectivity index (χ0v) is 32.5. The summed E-state index contributed by atoms with van der Waals surface area (Å²) < 4.78 is 43.5. The molecule has 0 bridgehead atoms. The van der Waals surface area contributed by atoms with Gasteiger partial charge in [-0.05, 0) is 51.7 Å². The van der Waals surface area contributed by atoms with Gasteiger partial charge in [-0.3, -0.25) is 19.1 Å². The molecule has 5 atom stereocenters. The number of nitrogens with one attached hydrogen (secondary N) is 3. The number of rotatable bonds is 13. The molecular weight excluding hydrogens is 715 g/mol. The van der Waals surface area contributed by atoms with Crippen LogP contribution in [-0.4, -0.2) is 91.4 Å². The maximum Gasteiger partial charge on any atom is 0.408 e. The average molecular weight is 764 g/mol. The van der Waals surface area contributed by atoms with E-state index in [0.29, 0.717) is 28.1 Å². The van der Waals surface area contributed by atoms with Gasteiger partial charge < -0.3 is 29.7 Å². The Hall–Kier alpha value is -5.18. The van der Waals surface area contributed by atoms with Crippen LogP contribution >= 0.6 is 0 Å². The third-order valence-corrected chi connectivity index (χ3v) is 9.77. The van der Waals surface area contributed by atoms with E-state index in [-0.39, 0.29) is 31.7 Å². The van der Waals surface area contributed by atoms with Crippen molar-refractivity contribution < 1.29 is 41.8 Å². The van der Waals surface area contributed by atoms with E-state index in [1.807, 2.05) is 55.0 Å². The van der Waals surface area contributed by atoms with Gasteiger partial charge in [0.15, 0.2) is 0 Å². The Labute approximate surface area is 316 Å². The molecule has 2 aliphatic rings. The second kappa shape index (κ2) is 15.7. The number of benzene rings is 2. The zero-order chi connectivity index (χ0) is 39.6. The molecule has 2 heterocycles. The van der Waals surface area contributed by atoms with E-state index in [1.165, 1.54) is 11.0 Å². The second-order valence-electron chi connectivity index (χ2n) is 15.3. The van der Waals surface area contributed by atoms with Gasteiger partial charge in [-0.25, -0.2) is 18.2 Å². The summed E-state index contributed by atoms with van der Waals surface area (Å²) in [6, 6.07) is 14.5. The lowest BCUT2D eigenvalue weighted by molar-refractivity contribution is -0.141. The van der Waals surface area contributed by atoms with Crippen LogP contribution in [0.25, 0.3) is 22.2 Å². The minimum absolute atomic E-state index is 0.0155. The normalized spacial score (nSPS) is 21.6. The molecule has 2 unspecified atom stereocenters. The van der Waals surface area contributed by atoms with Crippen molar-refractivity contribution in [3.05, 3.63) is 67.3 Å². The van der Waals surface area contributed by atoms with Crippen LogP contribution in [0.15, 0.2) is 67.3 Å². The van der Waals surface area contributed by atoms with Crippen LogP contribution in [0.3, 0.4) is 0 Å². The fourth-order valence-electron chi connectivity index (χ4n) is 6.65. The lowest BCUT2D eigenvalue weighted by atomic mass is 10.0. The van der Waals surface area contributed by atoms with Crippen molar-refractivity contribution in [2.24, 2.45) is 11.8 Å². The summed E-state index contributed by atoms with van der Waals surface area (Å²) in [6.07, 6.45) is 1.19. The predicted octanol–water partition coefficient (Wildman–Crippen LogP) is 4.33. The number of hydrogen-bond donors (Lipinski definition) is 3. The summed E-state index contributed by atoms with van der Waals surface area (Å²) in [6.45, 7) is 12.6. The number of methoxy groups -OCH3 is 1. The molecule has 3 N–H and O–H groups in total. The van der Waals surface area contributed by atoms with Crippen molar-refractivity contribution in [2.75, 3.05) is 19.9 Å². The lowest BCUT2D eigenvalue weighted by Crippen LogP contribution is -2.58. The molecule has 1 saturated heterocycles. The molecule has 5 rings (SSSR count). The van der Waals surface area contributed by atoms with Gasteiger partial charge in [-0.1, -0.05) is 50.3 Å². The van der Waals surface area contributed by atoms with E-state index >= 15 is 0 Å². The van der Waals surface area contributed by atoms with Gasteiger partial charge in [0.25, 0.3) is 5.91 Å². The van der Waals surface area contributed by atoms with E-state index in [2.05, 4.69) is 17.2 Å². The summed E-state index contributed by atoms with van der Waals surface area (Å²) in [5.41, 5.74) is -0.322. The Morgan fingerprint density at radius 1 is 1.09 bits per heavy atom. The third kappa shape index (κ3) is 9.48. The van der Waals surface area contributed by atoms with Crippen molar-refractivity contribution in [3.63, 3.8) is 0 Å². The molecule has 15 heteroatoms. The average Bonchev–Trinajstić information content (AvgIpc) is 3.65. The van der Waals surface area contributed by atoms with Gasteiger partial charge in [-0.2, -0.15) is 0 Å². The molecule has 14 nitrogen and oxygen atoms in total. The highest BCUT2D eigenvalue weighted by Gasteiger charge is 2.61. The number of sulfonamides is 1. The first-order valence-corrected chi connectivity index (χ1v) is 19.7. The van der Waals surface area contributed by atoms with E-state index < -0.39 is 69.1 Å². The van der Waals surface area contributed by atoms with Crippen LogP contribution in [0, 0.1) is 11.8 Å². The van der Waals surface area contributed by atoms with E-state index in [4.69, 9.17) is 19.2 Å². The molecule has 1 aromatic heterocycles. The van der Waals surface area contributed by atoms with Gasteiger partial charge in [0.1, 0.15) is 40.8 Å². The van der Waals surface area contributed by atoms with Crippen molar-refractivity contribution in [1.29, 1.82) is 0 Å². The molecule has 0 radical (unpaired) electrons. The Balaban J connectivity index is 1.51. The van der Waals surface area contributed by atoms with Gasteiger partial charge in [0.05, 0.1) is 31.1 Å². The molecular formula is C39H49N5O9S. The van der Waals surface area contributed by atoms with Crippen LogP contribution in [0.1, 0.15) is 53.9 Å². The number of amides is 4. The monoisotopic (exact) mass is 763 g/mol. The molecule has 0 spiro atoms. The number of nitrogens with zero attached hydrogens (tertiary/aromatic N) is 2. The molecule has 54 heavy (non-hydrogen) atoms.